The van der Waals surface area contributed by atoms with E-state index in [4.69, 9.17) is 4.74 Å². The Morgan fingerprint density at radius 1 is 1.07 bits per heavy atom. The van der Waals surface area contributed by atoms with Crippen LogP contribution in [0.25, 0.3) is 0 Å². The number of amides is 1. The third kappa shape index (κ3) is 5.01. The summed E-state index contributed by atoms with van der Waals surface area (Å²) in [5, 5.41) is 5.73. The van der Waals surface area contributed by atoms with Gasteiger partial charge in [-0.1, -0.05) is 12.1 Å². The molecule has 3 aromatic rings. The number of hydrogen-bond acceptors (Lipinski definition) is 5. The topological polar surface area (TPSA) is 76.1 Å². The van der Waals surface area contributed by atoms with E-state index in [0.717, 1.165) is 0 Å². The van der Waals surface area contributed by atoms with Gasteiger partial charge in [0.05, 0.1) is 11.8 Å². The maximum atomic E-state index is 13.0. The number of hydrogen-bond donors (Lipinski definition) is 2. The van der Waals surface area contributed by atoms with Crippen LogP contribution in [0.15, 0.2) is 60.8 Å². The third-order valence-corrected chi connectivity index (χ3v) is 3.49. The average Bonchev–Trinajstić information content (AvgIpc) is 2.65. The zero-order valence-corrected chi connectivity index (χ0v) is 14.9. The molecule has 0 fully saturated rings. The van der Waals surface area contributed by atoms with Crippen molar-refractivity contribution in [2.75, 3.05) is 10.6 Å². The molecular weight excluding hydrogens is 347 g/mol. The van der Waals surface area contributed by atoms with Gasteiger partial charge in [0.25, 0.3) is 5.91 Å². The molecule has 0 aliphatic heterocycles. The molecule has 2 N–H and O–H groups in total. The van der Waals surface area contributed by atoms with E-state index >= 15 is 0 Å². The van der Waals surface area contributed by atoms with E-state index in [-0.39, 0.29) is 29.5 Å². The molecule has 0 unspecified atom stereocenters. The molecular formula is C20H19FN4O2. The first kappa shape index (κ1) is 18.3. The first-order chi connectivity index (χ1) is 13.0. The molecule has 3 rings (SSSR count). The van der Waals surface area contributed by atoms with Gasteiger partial charge < -0.3 is 15.4 Å². The summed E-state index contributed by atoms with van der Waals surface area (Å²) in [5.41, 5.74) is 1.36. The molecule has 1 heterocycles. The average molecular weight is 366 g/mol. The van der Waals surface area contributed by atoms with E-state index in [9.17, 15) is 9.18 Å². The molecule has 27 heavy (non-hydrogen) atoms. The number of benzene rings is 2. The van der Waals surface area contributed by atoms with Crippen molar-refractivity contribution in [2.45, 2.75) is 20.0 Å². The number of anilines is 3. The number of para-hydroxylation sites is 2. The molecule has 0 atom stereocenters. The van der Waals surface area contributed by atoms with Gasteiger partial charge in [-0.05, 0) is 56.3 Å². The van der Waals surface area contributed by atoms with Gasteiger partial charge in [0, 0.05) is 11.9 Å². The third-order valence-electron chi connectivity index (χ3n) is 3.49. The summed E-state index contributed by atoms with van der Waals surface area (Å²) >= 11 is 0. The molecule has 0 radical (unpaired) electrons. The predicted molar refractivity (Wildman–Crippen MR) is 102 cm³/mol. The Bertz CT molecular complexity index is 929. The summed E-state index contributed by atoms with van der Waals surface area (Å²) in [4.78, 5) is 20.9. The second-order valence-electron chi connectivity index (χ2n) is 6.01. The van der Waals surface area contributed by atoms with Gasteiger partial charge in [0.2, 0.25) is 5.95 Å². The lowest BCUT2D eigenvalue weighted by Gasteiger charge is -2.14. The van der Waals surface area contributed by atoms with Gasteiger partial charge in [-0.3, -0.25) is 4.79 Å². The summed E-state index contributed by atoms with van der Waals surface area (Å²) in [7, 11) is 0. The van der Waals surface area contributed by atoms with Crippen molar-refractivity contribution in [2.24, 2.45) is 0 Å². The van der Waals surface area contributed by atoms with Crippen molar-refractivity contribution < 1.29 is 13.9 Å². The smallest absolute Gasteiger partial charge is 0.274 e. The lowest BCUT2D eigenvalue weighted by molar-refractivity contribution is 0.102. The van der Waals surface area contributed by atoms with Crippen LogP contribution in [0.2, 0.25) is 0 Å². The SMILES string of the molecule is CC(C)Oc1ccccc1NC(=O)c1ccnc(Nc2ccc(F)cc2)n1. The molecule has 7 heteroatoms. The Kier molecular flexibility index (Phi) is 5.61. The molecule has 1 amide bonds. The van der Waals surface area contributed by atoms with Gasteiger partial charge >= 0.3 is 0 Å². The highest BCUT2D eigenvalue weighted by molar-refractivity contribution is 6.03. The number of ether oxygens (including phenoxy) is 1. The molecule has 6 nitrogen and oxygen atoms in total. The molecule has 0 saturated carbocycles. The van der Waals surface area contributed by atoms with Gasteiger partial charge in [0.15, 0.2) is 0 Å². The fourth-order valence-electron chi connectivity index (χ4n) is 2.32. The molecule has 0 aliphatic carbocycles. The van der Waals surface area contributed by atoms with Crippen LogP contribution in [0.1, 0.15) is 24.3 Å². The summed E-state index contributed by atoms with van der Waals surface area (Å²) in [6.45, 7) is 3.83. The van der Waals surface area contributed by atoms with Crippen LogP contribution in [0.3, 0.4) is 0 Å². The van der Waals surface area contributed by atoms with Gasteiger partial charge in [0.1, 0.15) is 17.3 Å². The Morgan fingerprint density at radius 2 is 1.81 bits per heavy atom. The van der Waals surface area contributed by atoms with Gasteiger partial charge in [-0.25, -0.2) is 14.4 Å². The number of rotatable bonds is 6. The van der Waals surface area contributed by atoms with Crippen LogP contribution in [0.5, 0.6) is 5.75 Å². The van der Waals surface area contributed by atoms with Gasteiger partial charge in [-0.15, -0.1) is 0 Å². The Labute approximate surface area is 156 Å². The Balaban J connectivity index is 1.75. The largest absolute Gasteiger partial charge is 0.489 e. The van der Waals surface area contributed by atoms with Crippen LogP contribution in [-0.4, -0.2) is 22.0 Å². The highest BCUT2D eigenvalue weighted by atomic mass is 19.1. The standard InChI is InChI=1S/C20H19FN4O2/c1-13(2)27-18-6-4-3-5-16(18)24-19(26)17-11-12-22-20(25-17)23-15-9-7-14(21)8-10-15/h3-13H,1-2H3,(H,24,26)(H,22,23,25). The van der Waals surface area contributed by atoms with Crippen molar-refractivity contribution in [1.29, 1.82) is 0 Å². The summed E-state index contributed by atoms with van der Waals surface area (Å²) in [6, 6.07) is 14.5. The van der Waals surface area contributed by atoms with E-state index in [1.54, 1.807) is 24.3 Å². The minimum Gasteiger partial charge on any atom is -0.489 e. The molecule has 0 saturated heterocycles. The fourth-order valence-corrected chi connectivity index (χ4v) is 2.32. The number of carbonyl (C=O) groups excluding carboxylic acids is 1. The van der Waals surface area contributed by atoms with Gasteiger partial charge in [-0.2, -0.15) is 0 Å². The van der Waals surface area contributed by atoms with E-state index in [1.165, 1.54) is 24.4 Å². The first-order valence-corrected chi connectivity index (χ1v) is 8.44. The highest BCUT2D eigenvalue weighted by Crippen LogP contribution is 2.25. The van der Waals surface area contributed by atoms with Crippen molar-refractivity contribution in [3.63, 3.8) is 0 Å². The fraction of sp³-hybridized carbons (Fsp3) is 0.150. The van der Waals surface area contributed by atoms with Crippen molar-refractivity contribution in [3.05, 3.63) is 72.3 Å². The zero-order valence-electron chi connectivity index (χ0n) is 14.9. The number of aromatic nitrogens is 2. The van der Waals surface area contributed by atoms with Crippen molar-refractivity contribution in [1.82, 2.24) is 9.97 Å². The predicted octanol–water partition coefficient (Wildman–Crippen LogP) is 4.40. The molecule has 0 spiro atoms. The maximum Gasteiger partial charge on any atom is 0.274 e. The van der Waals surface area contributed by atoms with E-state index in [2.05, 4.69) is 20.6 Å². The van der Waals surface area contributed by atoms with E-state index in [0.29, 0.717) is 17.1 Å². The van der Waals surface area contributed by atoms with Crippen LogP contribution >= 0.6 is 0 Å². The number of nitrogens with zero attached hydrogens (tertiary/aromatic N) is 2. The molecule has 2 aromatic carbocycles. The molecule has 138 valence electrons. The molecule has 0 bridgehead atoms. The number of halogens is 1. The molecule has 0 aliphatic rings. The monoisotopic (exact) mass is 366 g/mol. The summed E-state index contributed by atoms with van der Waals surface area (Å²) < 4.78 is 18.7. The Morgan fingerprint density at radius 3 is 2.56 bits per heavy atom. The quantitative estimate of drug-likeness (QED) is 0.676. The molecule has 1 aromatic heterocycles. The second-order valence-corrected chi connectivity index (χ2v) is 6.01. The number of carbonyl (C=O) groups is 1. The first-order valence-electron chi connectivity index (χ1n) is 8.44. The maximum absolute atomic E-state index is 13.0. The Hall–Kier alpha value is -3.48. The van der Waals surface area contributed by atoms with Crippen molar-refractivity contribution >= 4 is 23.2 Å². The lowest BCUT2D eigenvalue weighted by Crippen LogP contribution is -2.16. The number of nitrogens with one attached hydrogen (secondary N) is 2. The second kappa shape index (κ2) is 8.27. The van der Waals surface area contributed by atoms with Crippen molar-refractivity contribution in [3.8, 4) is 5.75 Å². The summed E-state index contributed by atoms with van der Waals surface area (Å²) in [6.07, 6.45) is 1.46. The van der Waals surface area contributed by atoms with Crippen LogP contribution in [0, 0.1) is 5.82 Å². The lowest BCUT2D eigenvalue weighted by atomic mass is 10.2. The zero-order chi connectivity index (χ0) is 19.2. The van der Waals surface area contributed by atoms with E-state index in [1.807, 2.05) is 26.0 Å². The van der Waals surface area contributed by atoms with Crippen LogP contribution < -0.4 is 15.4 Å². The van der Waals surface area contributed by atoms with Crippen LogP contribution in [0.4, 0.5) is 21.7 Å². The minimum atomic E-state index is -0.389. The highest BCUT2D eigenvalue weighted by Gasteiger charge is 2.13. The normalized spacial score (nSPS) is 10.5. The van der Waals surface area contributed by atoms with Crippen LogP contribution in [-0.2, 0) is 0 Å². The minimum absolute atomic E-state index is 0.0198. The van der Waals surface area contributed by atoms with E-state index < -0.39 is 0 Å². The summed E-state index contributed by atoms with van der Waals surface area (Å²) in [5.74, 6) is 0.0942.